The van der Waals surface area contributed by atoms with Gasteiger partial charge in [-0.2, -0.15) is 5.10 Å². The first-order valence-corrected chi connectivity index (χ1v) is 11.2. The van der Waals surface area contributed by atoms with E-state index in [1.54, 1.807) is 48.5 Å². The molecule has 1 heterocycles. The number of nitrogens with zero attached hydrogens (tertiary/aromatic N) is 2. The van der Waals surface area contributed by atoms with E-state index in [0.717, 1.165) is 25.7 Å². The zero-order valence-corrected chi connectivity index (χ0v) is 19.0. The van der Waals surface area contributed by atoms with Gasteiger partial charge in [-0.05, 0) is 43.7 Å². The van der Waals surface area contributed by atoms with Gasteiger partial charge in [-0.1, -0.05) is 44.4 Å². The summed E-state index contributed by atoms with van der Waals surface area (Å²) in [4.78, 5) is 37.8. The van der Waals surface area contributed by atoms with Crippen molar-refractivity contribution in [1.29, 1.82) is 0 Å². The second kappa shape index (κ2) is 11.8. The minimum atomic E-state index is -0.754. The molecule has 2 aromatic carbocycles. The van der Waals surface area contributed by atoms with Crippen molar-refractivity contribution in [3.05, 3.63) is 64.6 Å². The fourth-order valence-corrected chi connectivity index (χ4v) is 3.42. The summed E-state index contributed by atoms with van der Waals surface area (Å²) >= 11 is 0. The van der Waals surface area contributed by atoms with Crippen molar-refractivity contribution >= 4 is 28.3 Å². The van der Waals surface area contributed by atoms with Gasteiger partial charge in [-0.3, -0.25) is 9.59 Å². The molecular formula is C25H29N3O5. The fraction of sp³-hybridized carbons (Fsp3) is 0.360. The molecule has 0 aliphatic rings. The van der Waals surface area contributed by atoms with Gasteiger partial charge in [0.1, 0.15) is 5.75 Å². The third-order valence-corrected chi connectivity index (χ3v) is 5.07. The van der Waals surface area contributed by atoms with Crippen LogP contribution in [0.15, 0.2) is 53.3 Å². The number of aryl methyl sites for hydroxylation is 1. The molecular weight excluding hydrogens is 422 g/mol. The van der Waals surface area contributed by atoms with Crippen LogP contribution in [0.25, 0.3) is 10.8 Å². The second-order valence-electron chi connectivity index (χ2n) is 7.56. The van der Waals surface area contributed by atoms with Gasteiger partial charge in [0.05, 0.1) is 12.0 Å². The quantitative estimate of drug-likeness (QED) is 0.347. The monoisotopic (exact) mass is 451 g/mol. The number of fused-ring (bicyclic) bond motifs is 1. The topological polar surface area (TPSA) is 99.5 Å². The third kappa shape index (κ3) is 6.41. The van der Waals surface area contributed by atoms with Crippen LogP contribution in [0.1, 0.15) is 50.0 Å². The molecule has 1 amide bonds. The van der Waals surface area contributed by atoms with Crippen molar-refractivity contribution in [1.82, 2.24) is 9.78 Å². The molecule has 0 bridgehead atoms. The Morgan fingerprint density at radius 1 is 0.970 bits per heavy atom. The van der Waals surface area contributed by atoms with Gasteiger partial charge in [0, 0.05) is 17.6 Å². The van der Waals surface area contributed by atoms with Gasteiger partial charge in [0.15, 0.2) is 12.3 Å². The van der Waals surface area contributed by atoms with Crippen molar-refractivity contribution in [3.8, 4) is 5.75 Å². The summed E-state index contributed by atoms with van der Waals surface area (Å²) in [6.45, 7) is 4.50. The molecule has 0 atom stereocenters. The lowest BCUT2D eigenvalue weighted by atomic mass is 10.1. The summed E-state index contributed by atoms with van der Waals surface area (Å²) < 4.78 is 11.9. The first-order valence-electron chi connectivity index (χ1n) is 11.2. The van der Waals surface area contributed by atoms with E-state index >= 15 is 0 Å². The standard InChI is InChI=1S/C25H29N3O5/c1-3-5-6-9-16-28-24(30)21-11-8-7-10-20(21)23(27-28)25(31)33-17-22(29)26-18-12-14-19(15-13-18)32-4-2/h7-8,10-15H,3-6,9,16-17H2,1-2H3,(H,26,29). The normalized spacial score (nSPS) is 10.7. The highest BCUT2D eigenvalue weighted by atomic mass is 16.5. The number of carbonyl (C=O) groups excluding carboxylic acids is 2. The summed E-state index contributed by atoms with van der Waals surface area (Å²) in [5.41, 5.74) is 0.338. The average Bonchev–Trinajstić information content (AvgIpc) is 2.83. The number of carbonyl (C=O) groups is 2. The number of nitrogens with one attached hydrogen (secondary N) is 1. The SMILES string of the molecule is CCCCCCn1nc(C(=O)OCC(=O)Nc2ccc(OCC)cc2)c2ccccc2c1=O. The molecule has 1 N–H and O–H groups in total. The van der Waals surface area contributed by atoms with Crippen LogP contribution in [0.5, 0.6) is 5.75 Å². The van der Waals surface area contributed by atoms with E-state index in [4.69, 9.17) is 9.47 Å². The minimum Gasteiger partial charge on any atom is -0.494 e. The molecule has 3 rings (SSSR count). The Bertz CT molecular complexity index is 1150. The number of unbranched alkanes of at least 4 members (excludes halogenated alkanes) is 3. The first kappa shape index (κ1) is 24.0. The first-order chi connectivity index (χ1) is 16.0. The van der Waals surface area contributed by atoms with Crippen LogP contribution < -0.4 is 15.6 Å². The summed E-state index contributed by atoms with van der Waals surface area (Å²) in [5.74, 6) is -0.537. The lowest BCUT2D eigenvalue weighted by Gasteiger charge is -2.11. The number of hydrogen-bond donors (Lipinski definition) is 1. The Morgan fingerprint density at radius 3 is 2.39 bits per heavy atom. The van der Waals surface area contributed by atoms with Crippen molar-refractivity contribution < 1.29 is 19.1 Å². The number of aromatic nitrogens is 2. The van der Waals surface area contributed by atoms with Crippen LogP contribution in [0.4, 0.5) is 5.69 Å². The molecule has 174 valence electrons. The molecule has 0 spiro atoms. The maximum atomic E-state index is 12.8. The van der Waals surface area contributed by atoms with Crippen LogP contribution in [-0.4, -0.2) is 34.9 Å². The fourth-order valence-electron chi connectivity index (χ4n) is 3.42. The van der Waals surface area contributed by atoms with Crippen molar-refractivity contribution in [3.63, 3.8) is 0 Å². The Morgan fingerprint density at radius 2 is 1.70 bits per heavy atom. The summed E-state index contributed by atoms with van der Waals surface area (Å²) in [6, 6.07) is 13.7. The molecule has 0 radical (unpaired) electrons. The number of rotatable bonds is 11. The Kier molecular flexibility index (Phi) is 8.57. The lowest BCUT2D eigenvalue weighted by Crippen LogP contribution is -2.28. The molecule has 0 aliphatic carbocycles. The Labute approximate surface area is 192 Å². The molecule has 8 heteroatoms. The smallest absolute Gasteiger partial charge is 0.359 e. The molecule has 3 aromatic rings. The van der Waals surface area contributed by atoms with Crippen LogP contribution in [0.2, 0.25) is 0 Å². The zero-order chi connectivity index (χ0) is 23.6. The maximum Gasteiger partial charge on any atom is 0.359 e. The molecule has 0 fully saturated rings. The lowest BCUT2D eigenvalue weighted by molar-refractivity contribution is -0.119. The molecule has 1 aromatic heterocycles. The number of hydrogen-bond acceptors (Lipinski definition) is 6. The number of benzene rings is 2. The number of anilines is 1. The number of amides is 1. The van der Waals surface area contributed by atoms with Gasteiger partial charge in [-0.15, -0.1) is 0 Å². The molecule has 33 heavy (non-hydrogen) atoms. The average molecular weight is 452 g/mol. The van der Waals surface area contributed by atoms with Crippen molar-refractivity contribution in [2.45, 2.75) is 46.1 Å². The van der Waals surface area contributed by atoms with E-state index in [1.165, 1.54) is 4.68 Å². The molecule has 0 saturated heterocycles. The summed E-state index contributed by atoms with van der Waals surface area (Å²) in [5, 5.41) is 7.74. The van der Waals surface area contributed by atoms with Crippen molar-refractivity contribution in [2.75, 3.05) is 18.5 Å². The zero-order valence-electron chi connectivity index (χ0n) is 19.0. The van der Waals surface area contributed by atoms with Gasteiger partial charge in [0.2, 0.25) is 0 Å². The van der Waals surface area contributed by atoms with Crippen LogP contribution in [0, 0.1) is 0 Å². The van der Waals surface area contributed by atoms with Crippen LogP contribution >= 0.6 is 0 Å². The molecule has 8 nitrogen and oxygen atoms in total. The van der Waals surface area contributed by atoms with Gasteiger partial charge >= 0.3 is 5.97 Å². The van der Waals surface area contributed by atoms with Crippen LogP contribution in [0.3, 0.4) is 0 Å². The minimum absolute atomic E-state index is 0.0227. The van der Waals surface area contributed by atoms with Crippen molar-refractivity contribution in [2.24, 2.45) is 0 Å². The predicted octanol–water partition coefficient (Wildman–Crippen LogP) is 4.17. The number of esters is 1. The third-order valence-electron chi connectivity index (χ3n) is 5.07. The Hall–Kier alpha value is -3.68. The van der Waals surface area contributed by atoms with Gasteiger partial charge in [0.25, 0.3) is 11.5 Å². The highest BCUT2D eigenvalue weighted by molar-refractivity contribution is 6.03. The largest absolute Gasteiger partial charge is 0.494 e. The van der Waals surface area contributed by atoms with Crippen LogP contribution in [-0.2, 0) is 16.1 Å². The maximum absolute atomic E-state index is 12.8. The molecule has 0 saturated carbocycles. The Balaban J connectivity index is 1.69. The van der Waals surface area contributed by atoms with Gasteiger partial charge < -0.3 is 14.8 Å². The van der Waals surface area contributed by atoms with E-state index in [9.17, 15) is 14.4 Å². The second-order valence-corrected chi connectivity index (χ2v) is 7.56. The highest BCUT2D eigenvalue weighted by Gasteiger charge is 2.19. The van der Waals surface area contributed by atoms with E-state index in [1.807, 2.05) is 6.92 Å². The van der Waals surface area contributed by atoms with E-state index in [-0.39, 0.29) is 11.3 Å². The van der Waals surface area contributed by atoms with E-state index in [0.29, 0.717) is 35.4 Å². The van der Waals surface area contributed by atoms with Gasteiger partial charge in [-0.25, -0.2) is 9.48 Å². The molecule has 0 unspecified atom stereocenters. The van der Waals surface area contributed by atoms with E-state index in [2.05, 4.69) is 17.3 Å². The predicted molar refractivity (Wildman–Crippen MR) is 127 cm³/mol. The van der Waals surface area contributed by atoms with E-state index < -0.39 is 18.5 Å². The summed E-state index contributed by atoms with van der Waals surface area (Å²) in [6.07, 6.45) is 3.91. The summed E-state index contributed by atoms with van der Waals surface area (Å²) in [7, 11) is 0. The molecule has 0 aliphatic heterocycles. The number of ether oxygens (including phenoxy) is 2. The highest BCUT2D eigenvalue weighted by Crippen LogP contribution is 2.17.